The molecule has 0 unspecified atom stereocenters. The Hall–Kier alpha value is -7.95. The molecule has 0 spiro atoms. The Morgan fingerprint density at radius 3 is 1.51 bits per heavy atom. The zero-order valence-electron chi connectivity index (χ0n) is 32.2. The lowest BCUT2D eigenvalue weighted by molar-refractivity contribution is 1.13. The standard InChI is InChI=1S/C55H38N4/c1-4-12-39(13-5-1)40-19-26-47(27-20-40)58(49-30-23-42(24-31-49)52-18-10-11-34-56-52)48-28-21-41(22-29-48)43-25-32-53-50(36-43)51-38-54-44(33-35-57(54)45-14-6-2-7-15-45)37-55(51)59(53)46-16-8-3-9-17-46/h1-38H. The first-order valence-electron chi connectivity index (χ1n) is 20.0. The normalized spacial score (nSPS) is 11.4. The van der Waals surface area contributed by atoms with Gasteiger partial charge in [0.15, 0.2) is 0 Å². The summed E-state index contributed by atoms with van der Waals surface area (Å²) in [5, 5.41) is 3.66. The van der Waals surface area contributed by atoms with E-state index < -0.39 is 0 Å². The van der Waals surface area contributed by atoms with E-state index >= 15 is 0 Å². The summed E-state index contributed by atoms with van der Waals surface area (Å²) in [4.78, 5) is 6.90. The summed E-state index contributed by atoms with van der Waals surface area (Å²) in [7, 11) is 0. The molecule has 0 bridgehead atoms. The zero-order valence-corrected chi connectivity index (χ0v) is 32.2. The second-order valence-corrected chi connectivity index (χ2v) is 14.9. The Kier molecular flexibility index (Phi) is 8.45. The van der Waals surface area contributed by atoms with E-state index in [1.54, 1.807) is 0 Å². The predicted molar refractivity (Wildman–Crippen MR) is 246 cm³/mol. The van der Waals surface area contributed by atoms with E-state index in [1.165, 1.54) is 49.4 Å². The largest absolute Gasteiger partial charge is 0.317 e. The van der Waals surface area contributed by atoms with Gasteiger partial charge in [-0.05, 0) is 125 Å². The van der Waals surface area contributed by atoms with Gasteiger partial charge < -0.3 is 14.0 Å². The summed E-state index contributed by atoms with van der Waals surface area (Å²) in [6, 6.07) is 78.2. The molecule has 278 valence electrons. The summed E-state index contributed by atoms with van der Waals surface area (Å²) in [5.74, 6) is 0. The predicted octanol–water partition coefficient (Wildman–Crippen LogP) is 14.6. The van der Waals surface area contributed by atoms with Crippen LogP contribution < -0.4 is 4.90 Å². The van der Waals surface area contributed by atoms with Crippen LogP contribution >= 0.6 is 0 Å². The lowest BCUT2D eigenvalue weighted by Crippen LogP contribution is -2.09. The van der Waals surface area contributed by atoms with Gasteiger partial charge in [-0.15, -0.1) is 0 Å². The van der Waals surface area contributed by atoms with Crippen molar-refractivity contribution in [2.45, 2.75) is 0 Å². The van der Waals surface area contributed by atoms with E-state index in [4.69, 9.17) is 0 Å². The van der Waals surface area contributed by atoms with Gasteiger partial charge in [-0.2, -0.15) is 0 Å². The van der Waals surface area contributed by atoms with Crippen molar-refractivity contribution in [3.63, 3.8) is 0 Å². The second-order valence-electron chi connectivity index (χ2n) is 14.9. The maximum Gasteiger partial charge on any atom is 0.0701 e. The zero-order chi connectivity index (χ0) is 39.1. The SMILES string of the molecule is c1ccc(-c2ccc(N(c3ccc(-c4ccc5c(c4)c4cc6c(ccn6-c6ccccc6)cc4n5-c4ccccc4)cc3)c3ccc(-c4ccccn4)cc3)cc2)cc1. The van der Waals surface area contributed by atoms with Gasteiger partial charge in [0, 0.05) is 62.6 Å². The lowest BCUT2D eigenvalue weighted by atomic mass is 10.0. The number of anilines is 3. The summed E-state index contributed by atoms with van der Waals surface area (Å²) in [6.45, 7) is 0. The fourth-order valence-corrected chi connectivity index (χ4v) is 8.49. The van der Waals surface area contributed by atoms with Gasteiger partial charge in [-0.1, -0.05) is 115 Å². The average molecular weight is 755 g/mol. The van der Waals surface area contributed by atoms with Crippen LogP contribution in [-0.4, -0.2) is 14.1 Å². The minimum atomic E-state index is 0.959. The molecular weight excluding hydrogens is 717 g/mol. The van der Waals surface area contributed by atoms with Crippen LogP contribution in [0.3, 0.4) is 0 Å². The Bertz CT molecular complexity index is 3120. The summed E-state index contributed by atoms with van der Waals surface area (Å²) in [6.07, 6.45) is 4.02. The number of aromatic nitrogens is 3. The molecule has 0 aliphatic carbocycles. The molecular formula is C55H38N4. The lowest BCUT2D eigenvalue weighted by Gasteiger charge is -2.26. The Morgan fingerprint density at radius 1 is 0.356 bits per heavy atom. The molecule has 3 heterocycles. The van der Waals surface area contributed by atoms with E-state index in [2.05, 4.69) is 225 Å². The number of benzene rings is 8. The van der Waals surface area contributed by atoms with Gasteiger partial charge >= 0.3 is 0 Å². The van der Waals surface area contributed by atoms with Gasteiger partial charge in [0.2, 0.25) is 0 Å². The number of para-hydroxylation sites is 2. The number of fused-ring (bicyclic) bond motifs is 4. The molecule has 0 N–H and O–H groups in total. The quantitative estimate of drug-likeness (QED) is 0.154. The highest BCUT2D eigenvalue weighted by Gasteiger charge is 2.18. The molecule has 11 aromatic rings. The van der Waals surface area contributed by atoms with Crippen LogP contribution in [0, 0.1) is 0 Å². The third-order valence-electron chi connectivity index (χ3n) is 11.4. The fourth-order valence-electron chi connectivity index (χ4n) is 8.49. The maximum absolute atomic E-state index is 4.58. The first-order valence-corrected chi connectivity index (χ1v) is 20.0. The van der Waals surface area contributed by atoms with Gasteiger partial charge in [0.1, 0.15) is 0 Å². The van der Waals surface area contributed by atoms with Crippen LogP contribution in [0.5, 0.6) is 0 Å². The molecule has 3 aromatic heterocycles. The summed E-state index contributed by atoms with van der Waals surface area (Å²) < 4.78 is 4.69. The molecule has 0 fully saturated rings. The molecule has 0 aliphatic rings. The average Bonchev–Trinajstić information content (AvgIpc) is 3.88. The summed E-state index contributed by atoms with van der Waals surface area (Å²) in [5.41, 5.74) is 15.9. The van der Waals surface area contributed by atoms with Crippen molar-refractivity contribution >= 4 is 49.8 Å². The van der Waals surface area contributed by atoms with E-state index in [1.807, 2.05) is 24.4 Å². The van der Waals surface area contributed by atoms with E-state index in [9.17, 15) is 0 Å². The van der Waals surface area contributed by atoms with Crippen LogP contribution in [0.4, 0.5) is 17.1 Å². The first kappa shape index (κ1) is 34.3. The van der Waals surface area contributed by atoms with E-state index in [-0.39, 0.29) is 0 Å². The molecule has 4 nitrogen and oxygen atoms in total. The van der Waals surface area contributed by atoms with Crippen LogP contribution in [0.2, 0.25) is 0 Å². The monoisotopic (exact) mass is 754 g/mol. The molecule has 0 saturated carbocycles. The molecule has 11 rings (SSSR count). The first-order chi connectivity index (χ1) is 29.2. The van der Waals surface area contributed by atoms with Crippen molar-refractivity contribution in [1.82, 2.24) is 14.1 Å². The van der Waals surface area contributed by atoms with E-state index in [0.29, 0.717) is 0 Å². The Balaban J connectivity index is 1.01. The van der Waals surface area contributed by atoms with Crippen molar-refractivity contribution in [3.8, 4) is 44.9 Å². The number of rotatable bonds is 8. The third kappa shape index (κ3) is 6.24. The Labute approximate surface area is 343 Å². The molecule has 8 aromatic carbocycles. The molecule has 0 radical (unpaired) electrons. The van der Waals surface area contributed by atoms with Gasteiger partial charge in [0.05, 0.1) is 22.2 Å². The molecule has 0 aliphatic heterocycles. The Morgan fingerprint density at radius 2 is 0.881 bits per heavy atom. The number of pyridine rings is 1. The second kappa shape index (κ2) is 14.5. The van der Waals surface area contributed by atoms with Crippen LogP contribution in [0.1, 0.15) is 0 Å². The van der Waals surface area contributed by atoms with Crippen LogP contribution in [-0.2, 0) is 0 Å². The van der Waals surface area contributed by atoms with Crippen molar-refractivity contribution in [3.05, 3.63) is 231 Å². The summed E-state index contributed by atoms with van der Waals surface area (Å²) >= 11 is 0. The van der Waals surface area contributed by atoms with Crippen LogP contribution in [0.25, 0.3) is 77.6 Å². The highest BCUT2D eigenvalue weighted by Crippen LogP contribution is 2.40. The van der Waals surface area contributed by atoms with Gasteiger partial charge in [-0.3, -0.25) is 4.98 Å². The number of nitrogens with zero attached hydrogens (tertiary/aromatic N) is 4. The molecule has 0 saturated heterocycles. The van der Waals surface area contributed by atoms with Crippen molar-refractivity contribution in [2.75, 3.05) is 4.90 Å². The molecule has 0 atom stereocenters. The highest BCUT2D eigenvalue weighted by molar-refractivity contribution is 6.14. The molecule has 0 amide bonds. The topological polar surface area (TPSA) is 26.0 Å². The number of hydrogen-bond acceptors (Lipinski definition) is 2. The minimum absolute atomic E-state index is 0.959. The minimum Gasteiger partial charge on any atom is -0.317 e. The third-order valence-corrected chi connectivity index (χ3v) is 11.4. The van der Waals surface area contributed by atoms with Gasteiger partial charge in [0.25, 0.3) is 0 Å². The highest BCUT2D eigenvalue weighted by atomic mass is 15.1. The van der Waals surface area contributed by atoms with Crippen molar-refractivity contribution < 1.29 is 0 Å². The smallest absolute Gasteiger partial charge is 0.0701 e. The molecule has 59 heavy (non-hydrogen) atoms. The number of hydrogen-bond donors (Lipinski definition) is 0. The van der Waals surface area contributed by atoms with Crippen molar-refractivity contribution in [2.24, 2.45) is 0 Å². The van der Waals surface area contributed by atoms with Crippen LogP contribution in [0.15, 0.2) is 231 Å². The molecule has 4 heteroatoms. The maximum atomic E-state index is 4.58. The fraction of sp³-hybridized carbons (Fsp3) is 0. The van der Waals surface area contributed by atoms with E-state index in [0.717, 1.165) is 45.3 Å². The van der Waals surface area contributed by atoms with Crippen molar-refractivity contribution in [1.29, 1.82) is 0 Å². The van der Waals surface area contributed by atoms with Gasteiger partial charge in [-0.25, -0.2) is 0 Å².